The molecule has 0 amide bonds. The van der Waals surface area contributed by atoms with E-state index in [0.29, 0.717) is 6.04 Å². The van der Waals surface area contributed by atoms with Crippen LogP contribution in [0.3, 0.4) is 0 Å². The van der Waals surface area contributed by atoms with Crippen molar-refractivity contribution in [3.63, 3.8) is 0 Å². The average Bonchev–Trinajstić information content (AvgIpc) is 2.92. The summed E-state index contributed by atoms with van der Waals surface area (Å²) in [5.74, 6) is 1.98. The molecule has 1 N–H and O–H groups in total. The van der Waals surface area contributed by atoms with E-state index in [1.54, 1.807) is 11.3 Å². The van der Waals surface area contributed by atoms with Crippen molar-refractivity contribution in [2.45, 2.75) is 46.7 Å². The first kappa shape index (κ1) is 13.3. The third-order valence-electron chi connectivity index (χ3n) is 3.03. The zero-order valence-corrected chi connectivity index (χ0v) is 12.2. The smallest absolute Gasteiger partial charge is 0.105 e. The van der Waals surface area contributed by atoms with Crippen molar-refractivity contribution in [2.24, 2.45) is 0 Å². The number of furan rings is 1. The molecule has 2 rings (SSSR count). The first-order chi connectivity index (χ1) is 8.60. The molecule has 98 valence electrons. The van der Waals surface area contributed by atoms with Gasteiger partial charge in [-0.05, 0) is 33.3 Å². The lowest BCUT2D eigenvalue weighted by atomic mass is 10.1. The summed E-state index contributed by atoms with van der Waals surface area (Å²) in [5.41, 5.74) is 1.24. The molecule has 0 saturated heterocycles. The van der Waals surface area contributed by atoms with Gasteiger partial charge in [0.1, 0.15) is 11.5 Å². The predicted octanol–water partition coefficient (Wildman–Crippen LogP) is 3.77. The molecule has 18 heavy (non-hydrogen) atoms. The van der Waals surface area contributed by atoms with Gasteiger partial charge >= 0.3 is 0 Å². The third kappa shape index (κ3) is 3.00. The summed E-state index contributed by atoms with van der Waals surface area (Å²) in [7, 11) is 0. The Kier molecular flexibility index (Phi) is 4.19. The van der Waals surface area contributed by atoms with Crippen LogP contribution in [0.2, 0.25) is 0 Å². The zero-order chi connectivity index (χ0) is 13.1. The molecule has 0 radical (unpaired) electrons. The van der Waals surface area contributed by atoms with Crippen LogP contribution >= 0.6 is 11.3 Å². The van der Waals surface area contributed by atoms with Crippen molar-refractivity contribution in [1.82, 2.24) is 10.3 Å². The second kappa shape index (κ2) is 5.67. The highest BCUT2D eigenvalue weighted by Gasteiger charge is 2.12. The SMILES string of the molecule is CCc1ncc(CNC(C)c2cc(C)oc2C)s1. The molecule has 0 aliphatic rings. The summed E-state index contributed by atoms with van der Waals surface area (Å²) < 4.78 is 5.56. The molecule has 2 heterocycles. The molecule has 0 aromatic carbocycles. The van der Waals surface area contributed by atoms with Gasteiger partial charge < -0.3 is 9.73 Å². The molecule has 0 spiro atoms. The molecule has 1 unspecified atom stereocenters. The number of nitrogens with one attached hydrogen (secondary N) is 1. The van der Waals surface area contributed by atoms with E-state index in [2.05, 4.69) is 30.2 Å². The highest BCUT2D eigenvalue weighted by atomic mass is 32.1. The molecule has 4 heteroatoms. The molecular weight excluding hydrogens is 244 g/mol. The molecular formula is C14H20N2OS. The molecule has 2 aromatic rings. The van der Waals surface area contributed by atoms with Crippen molar-refractivity contribution in [3.05, 3.63) is 39.2 Å². The lowest BCUT2D eigenvalue weighted by Crippen LogP contribution is -2.17. The third-order valence-corrected chi connectivity index (χ3v) is 4.17. The first-order valence-corrected chi connectivity index (χ1v) is 7.15. The van der Waals surface area contributed by atoms with E-state index in [1.165, 1.54) is 15.4 Å². The minimum absolute atomic E-state index is 0.301. The number of aryl methyl sites for hydroxylation is 3. The van der Waals surface area contributed by atoms with Crippen LogP contribution in [0.15, 0.2) is 16.7 Å². The van der Waals surface area contributed by atoms with E-state index in [4.69, 9.17) is 4.42 Å². The van der Waals surface area contributed by atoms with Gasteiger partial charge in [-0.2, -0.15) is 0 Å². The van der Waals surface area contributed by atoms with Crippen LogP contribution in [0.4, 0.5) is 0 Å². The minimum Gasteiger partial charge on any atom is -0.466 e. The molecule has 0 aliphatic carbocycles. The molecule has 2 aromatic heterocycles. The largest absolute Gasteiger partial charge is 0.466 e. The summed E-state index contributed by atoms with van der Waals surface area (Å²) in [6.07, 6.45) is 2.98. The van der Waals surface area contributed by atoms with Gasteiger partial charge in [0.2, 0.25) is 0 Å². The van der Waals surface area contributed by atoms with E-state index in [0.717, 1.165) is 24.5 Å². The van der Waals surface area contributed by atoms with Gasteiger partial charge in [-0.25, -0.2) is 4.98 Å². The lowest BCUT2D eigenvalue weighted by Gasteiger charge is -2.11. The second-order valence-electron chi connectivity index (χ2n) is 4.55. The van der Waals surface area contributed by atoms with Crippen molar-refractivity contribution >= 4 is 11.3 Å². The van der Waals surface area contributed by atoms with Gasteiger partial charge in [-0.1, -0.05) is 6.92 Å². The van der Waals surface area contributed by atoms with Crippen LogP contribution in [-0.2, 0) is 13.0 Å². The fraction of sp³-hybridized carbons (Fsp3) is 0.500. The van der Waals surface area contributed by atoms with Crippen molar-refractivity contribution < 1.29 is 4.42 Å². The first-order valence-electron chi connectivity index (χ1n) is 6.34. The van der Waals surface area contributed by atoms with Gasteiger partial charge in [0.25, 0.3) is 0 Å². The Balaban J connectivity index is 1.95. The van der Waals surface area contributed by atoms with Gasteiger partial charge in [0, 0.05) is 29.2 Å². The van der Waals surface area contributed by atoms with Crippen molar-refractivity contribution in [1.29, 1.82) is 0 Å². The van der Waals surface area contributed by atoms with Gasteiger partial charge in [0.05, 0.1) is 5.01 Å². The maximum Gasteiger partial charge on any atom is 0.105 e. The summed E-state index contributed by atoms with van der Waals surface area (Å²) >= 11 is 1.78. The fourth-order valence-corrected chi connectivity index (χ4v) is 2.85. The number of nitrogens with zero attached hydrogens (tertiary/aromatic N) is 1. The lowest BCUT2D eigenvalue weighted by molar-refractivity contribution is 0.490. The van der Waals surface area contributed by atoms with Crippen molar-refractivity contribution in [2.75, 3.05) is 0 Å². The van der Waals surface area contributed by atoms with E-state index < -0.39 is 0 Å². The number of rotatable bonds is 5. The number of hydrogen-bond donors (Lipinski definition) is 1. The topological polar surface area (TPSA) is 38.1 Å². The number of hydrogen-bond acceptors (Lipinski definition) is 4. The quantitative estimate of drug-likeness (QED) is 0.893. The highest BCUT2D eigenvalue weighted by Crippen LogP contribution is 2.22. The predicted molar refractivity (Wildman–Crippen MR) is 74.9 cm³/mol. The van der Waals surface area contributed by atoms with Gasteiger partial charge in [0.15, 0.2) is 0 Å². The summed E-state index contributed by atoms with van der Waals surface area (Å²) in [6, 6.07) is 2.41. The van der Waals surface area contributed by atoms with Crippen LogP contribution < -0.4 is 5.32 Å². The molecule has 0 bridgehead atoms. The molecule has 0 fully saturated rings. The monoisotopic (exact) mass is 264 g/mol. The Morgan fingerprint density at radius 2 is 2.22 bits per heavy atom. The van der Waals surface area contributed by atoms with Crippen LogP contribution in [0.25, 0.3) is 0 Å². The Labute approximate surface area is 112 Å². The molecule has 0 aliphatic heterocycles. The fourth-order valence-electron chi connectivity index (χ4n) is 2.04. The number of thiazole rings is 1. The average molecular weight is 264 g/mol. The molecule has 1 atom stereocenters. The van der Waals surface area contributed by atoms with E-state index >= 15 is 0 Å². The Hall–Kier alpha value is -1.13. The van der Waals surface area contributed by atoms with Crippen LogP contribution in [-0.4, -0.2) is 4.98 Å². The maximum atomic E-state index is 5.56. The Bertz CT molecular complexity index is 516. The van der Waals surface area contributed by atoms with E-state index in [9.17, 15) is 0 Å². The maximum absolute atomic E-state index is 5.56. The summed E-state index contributed by atoms with van der Waals surface area (Å²) in [5, 5.41) is 4.72. The van der Waals surface area contributed by atoms with Crippen LogP contribution in [0.1, 0.15) is 46.9 Å². The molecule has 3 nitrogen and oxygen atoms in total. The van der Waals surface area contributed by atoms with E-state index in [-0.39, 0.29) is 0 Å². The van der Waals surface area contributed by atoms with Crippen LogP contribution in [0.5, 0.6) is 0 Å². The Morgan fingerprint density at radius 1 is 1.44 bits per heavy atom. The zero-order valence-electron chi connectivity index (χ0n) is 11.4. The standard InChI is InChI=1S/C14H20N2OS/c1-5-14-16-8-12(18-14)7-15-10(3)13-6-9(2)17-11(13)4/h6,8,10,15H,5,7H2,1-4H3. The number of aromatic nitrogens is 1. The normalized spacial score (nSPS) is 12.9. The second-order valence-corrected chi connectivity index (χ2v) is 5.74. The van der Waals surface area contributed by atoms with Gasteiger partial charge in [-0.15, -0.1) is 11.3 Å². The van der Waals surface area contributed by atoms with Crippen LogP contribution in [0, 0.1) is 13.8 Å². The minimum atomic E-state index is 0.301. The highest BCUT2D eigenvalue weighted by molar-refractivity contribution is 7.11. The molecule has 0 saturated carbocycles. The Morgan fingerprint density at radius 3 is 2.78 bits per heavy atom. The summed E-state index contributed by atoms with van der Waals surface area (Å²) in [6.45, 7) is 9.17. The van der Waals surface area contributed by atoms with E-state index in [1.807, 2.05) is 20.0 Å². The summed E-state index contributed by atoms with van der Waals surface area (Å²) in [4.78, 5) is 5.66. The van der Waals surface area contributed by atoms with Crippen molar-refractivity contribution in [3.8, 4) is 0 Å². The van der Waals surface area contributed by atoms with Gasteiger partial charge in [-0.3, -0.25) is 0 Å².